The van der Waals surface area contributed by atoms with Crippen molar-refractivity contribution in [2.75, 3.05) is 5.32 Å². The molecule has 2 aromatic rings. The lowest BCUT2D eigenvalue weighted by Crippen LogP contribution is -2.30. The molecule has 0 unspecified atom stereocenters. The van der Waals surface area contributed by atoms with Crippen LogP contribution in [0.5, 0.6) is 0 Å². The van der Waals surface area contributed by atoms with E-state index in [9.17, 15) is 9.90 Å². The van der Waals surface area contributed by atoms with Gasteiger partial charge in [0.25, 0.3) is 0 Å². The highest BCUT2D eigenvalue weighted by atomic mass is 79.9. The lowest BCUT2D eigenvalue weighted by atomic mass is 9.76. The van der Waals surface area contributed by atoms with Crippen molar-refractivity contribution < 1.29 is 9.90 Å². The number of carbonyl (C=O) groups excluding carboxylic acids is 1. The number of aromatic carboxylic acids is 1. The maximum absolute atomic E-state index is 11.1. The predicted molar refractivity (Wildman–Crippen MR) is 91.3 cm³/mol. The molecule has 2 aliphatic rings. The summed E-state index contributed by atoms with van der Waals surface area (Å²) in [6.07, 6.45) is 5.39. The minimum absolute atomic E-state index is 0.216. The topological polar surface area (TPSA) is 52.2 Å². The Balaban J connectivity index is 1.79. The van der Waals surface area contributed by atoms with E-state index in [2.05, 4.69) is 45.5 Å². The fraction of sp³-hybridized carbons (Fsp3) is 0.211. The molecule has 3 nitrogen and oxygen atoms in total. The van der Waals surface area contributed by atoms with Gasteiger partial charge in [0, 0.05) is 16.1 Å². The molecule has 4 rings (SSSR count). The molecule has 0 saturated carbocycles. The lowest BCUT2D eigenvalue weighted by molar-refractivity contribution is -0.255. The quantitative estimate of drug-likeness (QED) is 0.823. The highest BCUT2D eigenvalue weighted by molar-refractivity contribution is 9.10. The summed E-state index contributed by atoms with van der Waals surface area (Å²) in [7, 11) is 0. The number of nitrogens with one attached hydrogen (secondary N) is 1. The first kappa shape index (κ1) is 14.5. The number of fused-ring (bicyclic) bond motifs is 3. The Morgan fingerprint density at radius 3 is 2.87 bits per heavy atom. The van der Waals surface area contributed by atoms with Crippen LogP contribution in [0, 0.1) is 5.92 Å². The maximum Gasteiger partial charge on any atom is 0.0715 e. The highest BCUT2D eigenvalue weighted by Gasteiger charge is 2.37. The molecule has 116 valence electrons. The van der Waals surface area contributed by atoms with Crippen LogP contribution >= 0.6 is 15.9 Å². The summed E-state index contributed by atoms with van der Waals surface area (Å²) >= 11 is 3.54. The molecular formula is C19H15BrNO2-. The first-order chi connectivity index (χ1) is 11.1. The van der Waals surface area contributed by atoms with Gasteiger partial charge in [0.05, 0.1) is 12.0 Å². The number of allylic oxidation sites excluding steroid dienone is 2. The van der Waals surface area contributed by atoms with Gasteiger partial charge in [-0.1, -0.05) is 46.3 Å². The molecule has 1 aliphatic carbocycles. The zero-order chi connectivity index (χ0) is 16.0. The number of rotatable bonds is 2. The van der Waals surface area contributed by atoms with Gasteiger partial charge < -0.3 is 15.2 Å². The average molecular weight is 369 g/mol. The molecule has 0 aromatic heterocycles. The Morgan fingerprint density at radius 2 is 2.09 bits per heavy atom. The molecule has 1 heterocycles. The third kappa shape index (κ3) is 2.47. The standard InChI is InChI=1S/C19H16BrNO2/c20-13-4-1-3-11(9-13)18-15-6-2-5-14(15)16-10-12(19(22)23)7-8-17(16)21-18/h1-5,7-10,14-15,18,21H,6H2,(H,22,23)/p-1/t14-,15-,18+/m0/s1. The molecule has 2 aromatic carbocycles. The molecule has 0 amide bonds. The van der Waals surface area contributed by atoms with Crippen LogP contribution in [-0.4, -0.2) is 5.97 Å². The van der Waals surface area contributed by atoms with E-state index < -0.39 is 5.97 Å². The Labute approximate surface area is 143 Å². The minimum Gasteiger partial charge on any atom is -0.545 e. The van der Waals surface area contributed by atoms with Gasteiger partial charge in [0.15, 0.2) is 0 Å². The molecule has 0 fully saturated rings. The summed E-state index contributed by atoms with van der Waals surface area (Å²) in [5.41, 5.74) is 3.54. The third-order valence-electron chi connectivity index (χ3n) is 4.81. The van der Waals surface area contributed by atoms with Crippen molar-refractivity contribution in [1.82, 2.24) is 0 Å². The third-order valence-corrected chi connectivity index (χ3v) is 5.30. The summed E-state index contributed by atoms with van der Waals surface area (Å²) in [5.74, 6) is -0.483. The number of anilines is 1. The Bertz CT molecular complexity index is 815. The summed E-state index contributed by atoms with van der Waals surface area (Å²) in [6.45, 7) is 0. The van der Waals surface area contributed by atoms with Gasteiger partial charge in [-0.15, -0.1) is 0 Å². The monoisotopic (exact) mass is 368 g/mol. The molecule has 1 N–H and O–H groups in total. The smallest absolute Gasteiger partial charge is 0.0715 e. The number of hydrogen-bond donors (Lipinski definition) is 1. The Hall–Kier alpha value is -2.07. The van der Waals surface area contributed by atoms with Crippen molar-refractivity contribution in [3.8, 4) is 0 Å². The maximum atomic E-state index is 11.1. The number of carboxylic acid groups (broad SMARTS) is 1. The van der Waals surface area contributed by atoms with Gasteiger partial charge in [-0.25, -0.2) is 0 Å². The van der Waals surface area contributed by atoms with E-state index in [1.54, 1.807) is 12.1 Å². The fourth-order valence-electron chi connectivity index (χ4n) is 3.75. The van der Waals surface area contributed by atoms with Crippen LogP contribution in [0.3, 0.4) is 0 Å². The van der Waals surface area contributed by atoms with Gasteiger partial charge in [-0.3, -0.25) is 0 Å². The van der Waals surface area contributed by atoms with Crippen LogP contribution in [0.2, 0.25) is 0 Å². The number of halogens is 1. The Morgan fingerprint density at radius 1 is 1.22 bits per heavy atom. The highest BCUT2D eigenvalue weighted by Crippen LogP contribution is 2.50. The van der Waals surface area contributed by atoms with Gasteiger partial charge in [-0.2, -0.15) is 0 Å². The molecule has 0 saturated heterocycles. The van der Waals surface area contributed by atoms with Crippen LogP contribution in [-0.2, 0) is 0 Å². The van der Waals surface area contributed by atoms with Crippen molar-refractivity contribution in [2.45, 2.75) is 18.4 Å². The number of carboxylic acids is 1. The van der Waals surface area contributed by atoms with Crippen LogP contribution in [0.25, 0.3) is 0 Å². The van der Waals surface area contributed by atoms with Crippen LogP contribution in [0.4, 0.5) is 5.69 Å². The molecular weight excluding hydrogens is 354 g/mol. The van der Waals surface area contributed by atoms with E-state index in [0.717, 1.165) is 22.1 Å². The largest absolute Gasteiger partial charge is 0.545 e. The second-order valence-corrected chi connectivity index (χ2v) is 7.04. The SMILES string of the molecule is O=C([O-])c1ccc2c(c1)[C@H]1C=CC[C@@H]1[C@@H](c1cccc(Br)c1)N2. The van der Waals surface area contributed by atoms with Gasteiger partial charge in [0.2, 0.25) is 0 Å². The van der Waals surface area contributed by atoms with Gasteiger partial charge in [-0.05, 0) is 53.3 Å². The van der Waals surface area contributed by atoms with Gasteiger partial charge in [0.1, 0.15) is 0 Å². The second kappa shape index (κ2) is 5.53. The van der Waals surface area contributed by atoms with E-state index in [1.807, 2.05) is 18.2 Å². The molecule has 23 heavy (non-hydrogen) atoms. The second-order valence-electron chi connectivity index (χ2n) is 6.12. The van der Waals surface area contributed by atoms with Crippen molar-refractivity contribution >= 4 is 27.6 Å². The normalized spacial score (nSPS) is 24.7. The molecule has 0 bridgehead atoms. The first-order valence-corrected chi connectivity index (χ1v) is 8.47. The number of hydrogen-bond acceptors (Lipinski definition) is 3. The van der Waals surface area contributed by atoms with E-state index >= 15 is 0 Å². The van der Waals surface area contributed by atoms with Crippen molar-refractivity contribution in [1.29, 1.82) is 0 Å². The molecule has 0 spiro atoms. The van der Waals surface area contributed by atoms with E-state index in [-0.39, 0.29) is 17.5 Å². The van der Waals surface area contributed by atoms with Crippen molar-refractivity contribution in [3.05, 3.63) is 75.8 Å². The predicted octanol–water partition coefficient (Wildman–Crippen LogP) is 3.64. The lowest BCUT2D eigenvalue weighted by Gasteiger charge is -2.38. The average Bonchev–Trinajstić information content (AvgIpc) is 3.03. The molecule has 1 aliphatic heterocycles. The van der Waals surface area contributed by atoms with E-state index in [4.69, 9.17) is 0 Å². The molecule has 0 radical (unpaired) electrons. The van der Waals surface area contributed by atoms with Crippen LogP contribution in [0.15, 0.2) is 59.1 Å². The van der Waals surface area contributed by atoms with Crippen molar-refractivity contribution in [2.24, 2.45) is 5.92 Å². The summed E-state index contributed by atoms with van der Waals surface area (Å²) in [6, 6.07) is 13.8. The number of benzene rings is 2. The molecule has 3 atom stereocenters. The minimum atomic E-state index is -1.12. The first-order valence-electron chi connectivity index (χ1n) is 7.67. The summed E-state index contributed by atoms with van der Waals surface area (Å²) in [4.78, 5) is 11.1. The van der Waals surface area contributed by atoms with Gasteiger partial charge >= 0.3 is 0 Å². The zero-order valence-corrected chi connectivity index (χ0v) is 13.9. The van der Waals surface area contributed by atoms with E-state index in [1.165, 1.54) is 5.56 Å². The van der Waals surface area contributed by atoms with Crippen LogP contribution < -0.4 is 10.4 Å². The molecule has 4 heteroatoms. The van der Waals surface area contributed by atoms with E-state index in [0.29, 0.717) is 5.92 Å². The van der Waals surface area contributed by atoms with Crippen LogP contribution in [0.1, 0.15) is 39.9 Å². The Kier molecular flexibility index (Phi) is 3.49. The zero-order valence-electron chi connectivity index (χ0n) is 12.3. The number of carbonyl (C=O) groups is 1. The summed E-state index contributed by atoms with van der Waals surface area (Å²) < 4.78 is 1.07. The summed E-state index contributed by atoms with van der Waals surface area (Å²) in [5, 5.41) is 14.8. The van der Waals surface area contributed by atoms with Crippen molar-refractivity contribution in [3.63, 3.8) is 0 Å². The fourth-order valence-corrected chi connectivity index (χ4v) is 4.17.